The molecule has 0 amide bonds. The molecule has 0 saturated carbocycles. The molecule has 184 valence electrons. The molecule has 0 radical (unpaired) electrons. The molecule has 4 aromatic rings. The van der Waals surface area contributed by atoms with Crippen LogP contribution >= 0.6 is 0 Å². The van der Waals surface area contributed by atoms with Crippen LogP contribution in [0.1, 0.15) is 18.1 Å². The normalized spacial score (nSPS) is 15.0. The van der Waals surface area contributed by atoms with Crippen LogP contribution < -0.4 is 19.1 Å². The summed E-state index contributed by atoms with van der Waals surface area (Å²) in [5, 5.41) is 16.2. The van der Waals surface area contributed by atoms with Crippen LogP contribution in [0.2, 0.25) is 0 Å². The fourth-order valence-corrected chi connectivity index (χ4v) is 5.40. The van der Waals surface area contributed by atoms with Gasteiger partial charge in [-0.1, -0.05) is 24.3 Å². The Bertz CT molecular complexity index is 1450. The smallest absolute Gasteiger partial charge is 0.232 e. The summed E-state index contributed by atoms with van der Waals surface area (Å²) < 4.78 is 37.4. The van der Waals surface area contributed by atoms with Gasteiger partial charge in [-0.2, -0.15) is 0 Å². The fourth-order valence-electron chi connectivity index (χ4n) is 4.44. The predicted octanol–water partition coefficient (Wildman–Crippen LogP) is 3.57. The lowest BCUT2D eigenvalue weighted by Crippen LogP contribution is -2.30. The minimum Gasteiger partial charge on any atom is -0.492 e. The Morgan fingerprint density at radius 3 is 2.80 bits per heavy atom. The number of fused-ring (bicyclic) bond motifs is 4. The third-order valence-electron chi connectivity index (χ3n) is 6.16. The number of hydrogen-bond acceptors (Lipinski definition) is 6. The summed E-state index contributed by atoms with van der Waals surface area (Å²) in [6.45, 7) is 2.10. The van der Waals surface area contributed by atoms with E-state index in [-0.39, 0.29) is 0 Å². The molecular formula is C26H29N3O5S. The van der Waals surface area contributed by atoms with Gasteiger partial charge in [-0.3, -0.25) is 4.31 Å². The van der Waals surface area contributed by atoms with Crippen molar-refractivity contribution in [3.8, 4) is 11.5 Å². The Morgan fingerprint density at radius 1 is 1.11 bits per heavy atom. The number of nitrogens with zero attached hydrogens (tertiary/aromatic N) is 1. The van der Waals surface area contributed by atoms with Crippen molar-refractivity contribution in [1.29, 1.82) is 0 Å². The third-order valence-corrected chi connectivity index (χ3v) is 7.34. The van der Waals surface area contributed by atoms with Crippen molar-refractivity contribution in [2.45, 2.75) is 12.5 Å². The minimum atomic E-state index is -3.44. The van der Waals surface area contributed by atoms with Gasteiger partial charge in [0.15, 0.2) is 0 Å². The highest BCUT2D eigenvalue weighted by molar-refractivity contribution is 7.92. The van der Waals surface area contributed by atoms with Gasteiger partial charge < -0.3 is 24.9 Å². The van der Waals surface area contributed by atoms with Gasteiger partial charge in [0.05, 0.1) is 30.2 Å². The van der Waals surface area contributed by atoms with Crippen LogP contribution in [0.3, 0.4) is 0 Å². The molecule has 35 heavy (non-hydrogen) atoms. The summed E-state index contributed by atoms with van der Waals surface area (Å²) in [7, 11) is -3.44. The topological polar surface area (TPSA) is 104 Å². The van der Waals surface area contributed by atoms with Gasteiger partial charge in [0.1, 0.15) is 18.1 Å². The molecule has 0 spiro atoms. The first-order chi connectivity index (χ1) is 16.9. The van der Waals surface area contributed by atoms with E-state index in [1.54, 1.807) is 18.2 Å². The standard InChI is InChI=1S/C26H29N3O5S/c1-35(31,32)29-12-4-13-34-26-10-7-18(15-24(26)29)25(30)17-27-11-14-33-19-8-9-21-20-5-2-3-6-22(20)28-23(21)16-19/h2-3,5-10,15-16,25,27-28,30H,4,11-14,17H2,1H3. The van der Waals surface area contributed by atoms with E-state index in [0.29, 0.717) is 56.3 Å². The van der Waals surface area contributed by atoms with Crippen molar-refractivity contribution in [1.82, 2.24) is 10.3 Å². The number of aliphatic hydroxyl groups is 1. The van der Waals surface area contributed by atoms with Gasteiger partial charge in [-0.05, 0) is 35.9 Å². The van der Waals surface area contributed by atoms with Gasteiger partial charge in [-0.25, -0.2) is 8.42 Å². The summed E-state index contributed by atoms with van der Waals surface area (Å²) in [5.41, 5.74) is 3.22. The molecule has 3 N–H and O–H groups in total. The number of aromatic nitrogens is 1. The predicted molar refractivity (Wildman–Crippen MR) is 138 cm³/mol. The SMILES string of the molecule is CS(=O)(=O)N1CCCOc2ccc(C(O)CNCCOc3ccc4c(c3)[nH]c3ccccc34)cc21. The lowest BCUT2D eigenvalue weighted by atomic mass is 10.1. The fraction of sp³-hybridized carbons (Fsp3) is 0.308. The third kappa shape index (κ3) is 5.07. The Morgan fingerprint density at radius 2 is 1.94 bits per heavy atom. The highest BCUT2D eigenvalue weighted by Gasteiger charge is 2.25. The zero-order valence-corrected chi connectivity index (χ0v) is 20.3. The number of sulfonamides is 1. The van der Waals surface area contributed by atoms with Crippen LogP contribution in [0.25, 0.3) is 21.8 Å². The second kappa shape index (κ2) is 9.77. The zero-order valence-electron chi connectivity index (χ0n) is 19.5. The molecule has 8 nitrogen and oxygen atoms in total. The van der Waals surface area contributed by atoms with Crippen LogP contribution in [0.4, 0.5) is 5.69 Å². The number of benzene rings is 3. The highest BCUT2D eigenvalue weighted by Crippen LogP contribution is 2.35. The first kappa shape index (κ1) is 23.5. The summed E-state index contributed by atoms with van der Waals surface area (Å²) >= 11 is 0. The molecule has 5 rings (SSSR count). The minimum absolute atomic E-state index is 0.308. The van der Waals surface area contributed by atoms with Crippen molar-refractivity contribution in [2.24, 2.45) is 0 Å². The molecule has 0 bridgehead atoms. The van der Waals surface area contributed by atoms with Crippen molar-refractivity contribution in [3.05, 3.63) is 66.2 Å². The monoisotopic (exact) mass is 495 g/mol. The van der Waals surface area contributed by atoms with E-state index in [1.807, 2.05) is 24.3 Å². The molecule has 1 atom stereocenters. The molecule has 3 aromatic carbocycles. The van der Waals surface area contributed by atoms with Crippen LogP contribution in [0.15, 0.2) is 60.7 Å². The van der Waals surface area contributed by atoms with Gasteiger partial charge in [-0.15, -0.1) is 0 Å². The van der Waals surface area contributed by atoms with Crippen molar-refractivity contribution < 1.29 is 23.0 Å². The number of nitrogens with one attached hydrogen (secondary N) is 2. The Kier molecular flexibility index (Phi) is 6.55. The first-order valence-electron chi connectivity index (χ1n) is 11.7. The Labute approximate surface area is 204 Å². The second-order valence-electron chi connectivity index (χ2n) is 8.71. The van der Waals surface area contributed by atoms with Crippen LogP contribution in [0.5, 0.6) is 11.5 Å². The molecule has 2 heterocycles. The second-order valence-corrected chi connectivity index (χ2v) is 10.6. The van der Waals surface area contributed by atoms with E-state index in [1.165, 1.54) is 15.9 Å². The summed E-state index contributed by atoms with van der Waals surface area (Å²) in [5.74, 6) is 1.29. The Hall–Kier alpha value is -3.27. The number of rotatable bonds is 8. The maximum absolute atomic E-state index is 12.2. The van der Waals surface area contributed by atoms with E-state index in [4.69, 9.17) is 9.47 Å². The van der Waals surface area contributed by atoms with Gasteiger partial charge in [0, 0.05) is 48.4 Å². The zero-order chi connectivity index (χ0) is 24.4. The van der Waals surface area contributed by atoms with Crippen molar-refractivity contribution >= 4 is 37.5 Å². The summed E-state index contributed by atoms with van der Waals surface area (Å²) in [4.78, 5) is 3.41. The van der Waals surface area contributed by atoms with E-state index < -0.39 is 16.1 Å². The molecular weight excluding hydrogens is 466 g/mol. The molecule has 0 saturated heterocycles. The number of ether oxygens (including phenoxy) is 2. The summed E-state index contributed by atoms with van der Waals surface area (Å²) in [6, 6.07) is 19.4. The number of aliphatic hydroxyl groups excluding tert-OH is 1. The maximum Gasteiger partial charge on any atom is 0.232 e. The van der Waals surface area contributed by atoms with E-state index >= 15 is 0 Å². The molecule has 0 fully saturated rings. The van der Waals surface area contributed by atoms with Crippen LogP contribution in [0, 0.1) is 0 Å². The average molecular weight is 496 g/mol. The molecule has 9 heteroatoms. The lowest BCUT2D eigenvalue weighted by molar-refractivity contribution is 0.172. The van der Waals surface area contributed by atoms with Gasteiger partial charge in [0.25, 0.3) is 0 Å². The molecule has 1 aliphatic heterocycles. The summed E-state index contributed by atoms with van der Waals surface area (Å²) in [6.07, 6.45) is 0.990. The van der Waals surface area contributed by atoms with E-state index in [9.17, 15) is 13.5 Å². The average Bonchev–Trinajstić information content (AvgIpc) is 3.05. The highest BCUT2D eigenvalue weighted by atomic mass is 32.2. The number of para-hydroxylation sites is 1. The van der Waals surface area contributed by atoms with Gasteiger partial charge >= 0.3 is 0 Å². The lowest BCUT2D eigenvalue weighted by Gasteiger charge is -2.23. The molecule has 1 unspecified atom stereocenters. The molecule has 1 aromatic heterocycles. The van der Waals surface area contributed by atoms with Crippen LogP contribution in [-0.2, 0) is 10.0 Å². The quantitative estimate of drug-likeness (QED) is 0.323. The maximum atomic E-state index is 12.2. The molecule has 0 aliphatic carbocycles. The van der Waals surface area contributed by atoms with Crippen molar-refractivity contribution in [2.75, 3.05) is 43.4 Å². The first-order valence-corrected chi connectivity index (χ1v) is 13.5. The number of aromatic amines is 1. The Balaban J connectivity index is 1.17. The van der Waals surface area contributed by atoms with Gasteiger partial charge in [0.2, 0.25) is 10.0 Å². The number of hydrogen-bond donors (Lipinski definition) is 3. The number of anilines is 1. The van der Waals surface area contributed by atoms with E-state index in [0.717, 1.165) is 22.2 Å². The molecule has 1 aliphatic rings. The number of H-pyrrole nitrogens is 1. The van der Waals surface area contributed by atoms with Crippen LogP contribution in [-0.4, -0.2) is 57.6 Å². The van der Waals surface area contributed by atoms with Crippen molar-refractivity contribution in [3.63, 3.8) is 0 Å². The van der Waals surface area contributed by atoms with E-state index in [2.05, 4.69) is 28.5 Å². The largest absolute Gasteiger partial charge is 0.492 e.